The van der Waals surface area contributed by atoms with E-state index in [1.807, 2.05) is 0 Å². The lowest BCUT2D eigenvalue weighted by Gasteiger charge is -2.07. The van der Waals surface area contributed by atoms with Crippen LogP contribution < -0.4 is 0 Å². The van der Waals surface area contributed by atoms with Gasteiger partial charge in [-0.15, -0.1) is 0 Å². The van der Waals surface area contributed by atoms with Crippen LogP contribution in [0, 0.1) is 0 Å². The summed E-state index contributed by atoms with van der Waals surface area (Å²) >= 11 is 0. The minimum atomic E-state index is -4.29. The number of benzene rings is 4. The summed E-state index contributed by atoms with van der Waals surface area (Å²) in [7, 11) is -4.30. The summed E-state index contributed by atoms with van der Waals surface area (Å²) in [6, 6.07) is 38.3. The molecule has 0 aliphatic rings. The molecule has 0 aromatic heterocycles. The summed E-state index contributed by atoms with van der Waals surface area (Å²) in [6.07, 6.45) is 3.10. The van der Waals surface area contributed by atoms with Crippen LogP contribution in [0.2, 0.25) is 0 Å². The van der Waals surface area contributed by atoms with Gasteiger partial charge in [-0.1, -0.05) is 80.1 Å². The summed E-state index contributed by atoms with van der Waals surface area (Å²) in [5.41, 5.74) is 1.07. The Balaban J connectivity index is 0.000000196. The van der Waals surface area contributed by atoms with Gasteiger partial charge in [0.15, 0.2) is 14.7 Å². The van der Waals surface area contributed by atoms with E-state index in [4.69, 9.17) is 0 Å². The van der Waals surface area contributed by atoms with E-state index < -0.39 is 10.1 Å². The second-order valence-electron chi connectivity index (χ2n) is 7.45. The van der Waals surface area contributed by atoms with Gasteiger partial charge in [0, 0.05) is 0 Å². The Bertz CT molecular complexity index is 1100. The molecule has 4 aromatic carbocycles. The molecule has 0 N–H and O–H groups in total. The van der Waals surface area contributed by atoms with Crippen LogP contribution in [-0.4, -0.2) is 13.0 Å². The molecule has 0 fully saturated rings. The number of aryl methyl sites for hydroxylation is 1. The fraction of sp³-hybridized carbons (Fsp3) is 0.143. The Morgan fingerprint density at radius 1 is 0.636 bits per heavy atom. The maximum Gasteiger partial charge on any atom is 0.166 e. The van der Waals surface area contributed by atoms with E-state index >= 15 is 0 Å². The van der Waals surface area contributed by atoms with Crippen molar-refractivity contribution in [1.29, 1.82) is 0 Å². The van der Waals surface area contributed by atoms with Crippen molar-refractivity contribution in [2.45, 2.75) is 45.8 Å². The zero-order valence-electron chi connectivity index (χ0n) is 18.6. The van der Waals surface area contributed by atoms with Crippen molar-refractivity contribution in [3.63, 3.8) is 0 Å². The third kappa shape index (κ3) is 7.60. The molecule has 0 saturated carbocycles. The van der Waals surface area contributed by atoms with Gasteiger partial charge in [0.05, 0.1) is 15.8 Å². The van der Waals surface area contributed by atoms with Gasteiger partial charge in [-0.25, -0.2) is 8.42 Å². The smallest absolute Gasteiger partial charge is 0.166 e. The van der Waals surface area contributed by atoms with Crippen molar-refractivity contribution < 1.29 is 13.0 Å². The predicted molar refractivity (Wildman–Crippen MR) is 135 cm³/mol. The molecule has 0 atom stereocenters. The Kier molecular flexibility index (Phi) is 9.31. The zero-order valence-corrected chi connectivity index (χ0v) is 20.3. The van der Waals surface area contributed by atoms with E-state index in [2.05, 4.69) is 97.9 Å². The summed E-state index contributed by atoms with van der Waals surface area (Å²) in [6.45, 7) is 2.09. The molecular weight excluding hydrogens is 448 g/mol. The second kappa shape index (κ2) is 12.4. The zero-order chi connectivity index (χ0) is 23.5. The van der Waals surface area contributed by atoms with Crippen LogP contribution in [0.4, 0.5) is 0 Å². The molecule has 0 radical (unpaired) electrons. The van der Waals surface area contributed by atoms with Crippen LogP contribution in [0.5, 0.6) is 0 Å². The first kappa shape index (κ1) is 24.8. The monoisotopic (exact) mass is 476 g/mol. The lowest BCUT2D eigenvalue weighted by Crippen LogP contribution is -2.04. The van der Waals surface area contributed by atoms with Crippen molar-refractivity contribution in [3.05, 3.63) is 121 Å². The molecule has 33 heavy (non-hydrogen) atoms. The molecule has 4 aromatic rings. The molecule has 3 nitrogen and oxygen atoms in total. The molecule has 0 saturated heterocycles. The van der Waals surface area contributed by atoms with Crippen molar-refractivity contribution >= 4 is 21.0 Å². The number of unbranched alkanes of at least 4 members (excludes halogenated alkanes) is 1. The fourth-order valence-corrected chi connectivity index (χ4v) is 5.86. The van der Waals surface area contributed by atoms with Crippen molar-refractivity contribution in [2.75, 3.05) is 0 Å². The molecule has 0 amide bonds. The molecule has 4 rings (SSSR count). The molecule has 0 aliphatic heterocycles. The highest BCUT2D eigenvalue weighted by Gasteiger charge is 2.27. The van der Waals surface area contributed by atoms with Crippen LogP contribution in [0.3, 0.4) is 0 Å². The Labute approximate surface area is 200 Å². The summed E-state index contributed by atoms with van der Waals surface area (Å²) < 4.78 is 31.8. The van der Waals surface area contributed by atoms with Crippen LogP contribution >= 0.6 is 0 Å². The third-order valence-electron chi connectivity index (χ3n) is 4.97. The van der Waals surface area contributed by atoms with Gasteiger partial charge in [-0.05, 0) is 66.9 Å². The van der Waals surface area contributed by atoms with Gasteiger partial charge in [0.1, 0.15) is 10.1 Å². The number of hydrogen-bond acceptors (Lipinski definition) is 3. The average molecular weight is 477 g/mol. The maximum atomic E-state index is 10.6. The van der Waals surface area contributed by atoms with E-state index in [-0.39, 0.29) is 15.8 Å². The highest BCUT2D eigenvalue weighted by molar-refractivity contribution is 7.97. The average Bonchev–Trinajstić information content (AvgIpc) is 2.85. The lowest BCUT2D eigenvalue weighted by molar-refractivity contribution is 0.463. The van der Waals surface area contributed by atoms with E-state index in [1.54, 1.807) is 12.1 Å². The highest BCUT2D eigenvalue weighted by Crippen LogP contribution is 2.30. The van der Waals surface area contributed by atoms with Gasteiger partial charge in [-0.2, -0.15) is 0 Å². The topological polar surface area (TPSA) is 57.2 Å². The van der Waals surface area contributed by atoms with Gasteiger partial charge < -0.3 is 4.55 Å². The fourth-order valence-electron chi connectivity index (χ4n) is 3.28. The third-order valence-corrected chi connectivity index (χ3v) is 8.05. The van der Waals surface area contributed by atoms with E-state index in [0.29, 0.717) is 0 Å². The minimum absolute atomic E-state index is 0.0146. The molecule has 0 unspecified atom stereocenters. The quantitative estimate of drug-likeness (QED) is 0.220. The largest absolute Gasteiger partial charge is 0.744 e. The SMILES string of the molecule is CCCCc1ccc(S(=O)(=O)[O-])cc1.c1ccc([S+](c2ccccc2)c2ccccc2)cc1. The van der Waals surface area contributed by atoms with Gasteiger partial charge >= 0.3 is 0 Å². The predicted octanol–water partition coefficient (Wildman–Crippen LogP) is 6.72. The number of rotatable bonds is 7. The Morgan fingerprint density at radius 2 is 1.03 bits per heavy atom. The molecule has 0 bridgehead atoms. The Morgan fingerprint density at radius 3 is 1.36 bits per heavy atom. The number of hydrogen-bond donors (Lipinski definition) is 0. The highest BCUT2D eigenvalue weighted by atomic mass is 32.2. The molecule has 170 valence electrons. The summed E-state index contributed by atoms with van der Waals surface area (Å²) in [4.78, 5) is 3.93. The van der Waals surface area contributed by atoms with E-state index in [0.717, 1.165) is 24.8 Å². The molecule has 0 spiro atoms. The normalized spacial score (nSPS) is 11.0. The van der Waals surface area contributed by atoms with Gasteiger partial charge in [0.25, 0.3) is 0 Å². The van der Waals surface area contributed by atoms with Crippen LogP contribution in [-0.2, 0) is 27.4 Å². The van der Waals surface area contributed by atoms with Gasteiger partial charge in [-0.3, -0.25) is 0 Å². The summed E-state index contributed by atoms with van der Waals surface area (Å²) in [5.74, 6) is 0. The first-order valence-electron chi connectivity index (χ1n) is 10.9. The van der Waals surface area contributed by atoms with Crippen LogP contribution in [0.1, 0.15) is 25.3 Å². The first-order chi connectivity index (χ1) is 16.0. The molecular formula is C28H28O3S2. The molecule has 0 heterocycles. The van der Waals surface area contributed by atoms with Crippen molar-refractivity contribution in [3.8, 4) is 0 Å². The second-order valence-corrected chi connectivity index (χ2v) is 10.9. The van der Waals surface area contributed by atoms with Crippen molar-refractivity contribution in [1.82, 2.24) is 0 Å². The first-order valence-corrected chi connectivity index (χ1v) is 13.6. The Hall–Kier alpha value is -2.86. The lowest BCUT2D eigenvalue weighted by atomic mass is 10.1. The van der Waals surface area contributed by atoms with E-state index in [9.17, 15) is 13.0 Å². The van der Waals surface area contributed by atoms with Gasteiger partial charge in [0.2, 0.25) is 0 Å². The maximum absolute atomic E-state index is 10.6. The van der Waals surface area contributed by atoms with E-state index in [1.165, 1.54) is 26.8 Å². The minimum Gasteiger partial charge on any atom is -0.744 e. The van der Waals surface area contributed by atoms with Crippen molar-refractivity contribution in [2.24, 2.45) is 0 Å². The molecule has 0 aliphatic carbocycles. The van der Waals surface area contributed by atoms with Crippen LogP contribution in [0.25, 0.3) is 0 Å². The molecule has 5 heteroatoms. The summed E-state index contributed by atoms with van der Waals surface area (Å²) in [5, 5.41) is 0. The van der Waals surface area contributed by atoms with Crippen LogP contribution in [0.15, 0.2) is 135 Å². The standard InChI is InChI=1S/C18H15S.C10H14O3S/c1-4-10-16(11-5-1)19(17-12-6-2-7-13-17)18-14-8-3-9-15-18;1-2-3-4-9-5-7-10(8-6-9)14(11,12)13/h1-15H;5-8H,2-4H2,1H3,(H,11,12,13)/q+1;/p-1.